The van der Waals surface area contributed by atoms with Crippen LogP contribution in [-0.4, -0.2) is 36.9 Å². The number of hydrogen-bond acceptors (Lipinski definition) is 6. The zero-order valence-corrected chi connectivity index (χ0v) is 16.8. The Balaban J connectivity index is 1.87. The van der Waals surface area contributed by atoms with Gasteiger partial charge in [0.25, 0.3) is 11.6 Å². The molecule has 0 N–H and O–H groups in total. The quantitative estimate of drug-likeness (QED) is 0.270. The number of carbonyl (C=O) groups is 1. The van der Waals surface area contributed by atoms with Crippen molar-refractivity contribution >= 4 is 46.0 Å². The van der Waals surface area contributed by atoms with Gasteiger partial charge in [0.15, 0.2) is 0 Å². The summed E-state index contributed by atoms with van der Waals surface area (Å²) in [7, 11) is 1.63. The summed E-state index contributed by atoms with van der Waals surface area (Å²) < 4.78 is 2.17. The first-order chi connectivity index (χ1) is 13.9. The average Bonchev–Trinajstić information content (AvgIpc) is 3.26. The van der Waals surface area contributed by atoms with Gasteiger partial charge < -0.3 is 0 Å². The van der Waals surface area contributed by atoms with Crippen molar-refractivity contribution in [2.24, 2.45) is 0 Å². The second-order valence-corrected chi connectivity index (χ2v) is 7.94. The molecule has 0 bridgehead atoms. The van der Waals surface area contributed by atoms with Gasteiger partial charge in [0, 0.05) is 36.5 Å². The van der Waals surface area contributed by atoms with E-state index in [1.54, 1.807) is 36.1 Å². The van der Waals surface area contributed by atoms with Crippen molar-refractivity contribution in [1.29, 1.82) is 0 Å². The van der Waals surface area contributed by atoms with Crippen molar-refractivity contribution < 1.29 is 9.72 Å². The molecule has 1 amide bonds. The molecule has 7 nitrogen and oxygen atoms in total. The smallest absolute Gasteiger partial charge is 0.270 e. The molecule has 0 spiro atoms. The first-order valence-corrected chi connectivity index (χ1v) is 9.78. The van der Waals surface area contributed by atoms with Gasteiger partial charge in [-0.3, -0.25) is 19.8 Å². The minimum Gasteiger partial charge on any atom is -0.296 e. The first-order valence-electron chi connectivity index (χ1n) is 8.55. The van der Waals surface area contributed by atoms with Crippen LogP contribution >= 0.6 is 24.0 Å². The van der Waals surface area contributed by atoms with E-state index in [9.17, 15) is 14.9 Å². The number of thioether (sulfide) groups is 1. The summed E-state index contributed by atoms with van der Waals surface area (Å²) in [6.07, 6.45) is 3.52. The fourth-order valence-electron chi connectivity index (χ4n) is 2.88. The Morgan fingerprint density at radius 3 is 2.59 bits per heavy atom. The summed E-state index contributed by atoms with van der Waals surface area (Å²) in [4.78, 5) is 25.1. The summed E-state index contributed by atoms with van der Waals surface area (Å²) in [6.45, 7) is 0. The van der Waals surface area contributed by atoms with Crippen molar-refractivity contribution in [1.82, 2.24) is 14.7 Å². The normalized spacial score (nSPS) is 15.3. The topological polar surface area (TPSA) is 81.3 Å². The van der Waals surface area contributed by atoms with Crippen LogP contribution in [0.4, 0.5) is 5.69 Å². The molecule has 29 heavy (non-hydrogen) atoms. The zero-order valence-electron chi connectivity index (χ0n) is 15.2. The number of thiocarbonyl (C=S) groups is 1. The second-order valence-electron chi connectivity index (χ2n) is 6.26. The Kier molecular flexibility index (Phi) is 4.99. The third kappa shape index (κ3) is 3.69. The van der Waals surface area contributed by atoms with Gasteiger partial charge in [-0.1, -0.05) is 54.3 Å². The van der Waals surface area contributed by atoms with Crippen LogP contribution in [0, 0.1) is 10.1 Å². The number of amides is 1. The molecule has 1 fully saturated rings. The molecule has 4 rings (SSSR count). The molecule has 2 aromatic carbocycles. The highest BCUT2D eigenvalue weighted by molar-refractivity contribution is 8.26. The van der Waals surface area contributed by atoms with Crippen molar-refractivity contribution in [3.05, 3.63) is 81.4 Å². The summed E-state index contributed by atoms with van der Waals surface area (Å²) in [5, 5.41) is 15.8. The van der Waals surface area contributed by atoms with Gasteiger partial charge in [-0.25, -0.2) is 4.68 Å². The van der Waals surface area contributed by atoms with E-state index >= 15 is 0 Å². The number of para-hydroxylation sites is 1. The summed E-state index contributed by atoms with van der Waals surface area (Å²) >= 11 is 6.41. The molecule has 1 aliphatic rings. The van der Waals surface area contributed by atoms with Crippen LogP contribution in [0.3, 0.4) is 0 Å². The minimum atomic E-state index is -0.445. The van der Waals surface area contributed by atoms with Crippen LogP contribution < -0.4 is 0 Å². The lowest BCUT2D eigenvalue weighted by molar-refractivity contribution is -0.384. The minimum absolute atomic E-state index is 0.0254. The number of benzene rings is 2. The predicted octanol–water partition coefficient (Wildman–Crippen LogP) is 4.28. The second kappa shape index (κ2) is 7.61. The highest BCUT2D eigenvalue weighted by atomic mass is 32.2. The number of nitro groups is 1. The van der Waals surface area contributed by atoms with Crippen molar-refractivity contribution in [2.45, 2.75) is 0 Å². The maximum absolute atomic E-state index is 12.4. The maximum atomic E-state index is 12.4. The van der Waals surface area contributed by atoms with Crippen LogP contribution in [0.25, 0.3) is 23.0 Å². The molecule has 0 atom stereocenters. The molecule has 1 aromatic heterocycles. The standard InChI is InChI=1S/C20H14N4O3S2/c1-22-19(25)17(29-20(22)28)11-14-12-23(15-7-3-2-4-8-15)21-18(14)13-6-5-9-16(10-13)24(26)27/h2-12H,1H3/b17-11+. The van der Waals surface area contributed by atoms with Crippen LogP contribution in [0.2, 0.25) is 0 Å². The number of nitro benzene ring substituents is 1. The van der Waals surface area contributed by atoms with Crippen LogP contribution in [0.15, 0.2) is 65.7 Å². The molecule has 3 aromatic rings. The highest BCUT2D eigenvalue weighted by Gasteiger charge is 2.29. The lowest BCUT2D eigenvalue weighted by Crippen LogP contribution is -2.22. The predicted molar refractivity (Wildman–Crippen MR) is 117 cm³/mol. The van der Waals surface area contributed by atoms with E-state index in [0.29, 0.717) is 26.0 Å². The summed E-state index contributed by atoms with van der Waals surface area (Å²) in [5.41, 5.74) is 2.61. The molecular formula is C20H14N4O3S2. The van der Waals surface area contributed by atoms with Crippen molar-refractivity contribution in [2.75, 3.05) is 7.05 Å². The van der Waals surface area contributed by atoms with E-state index in [-0.39, 0.29) is 11.6 Å². The number of non-ortho nitro benzene ring substituents is 1. The molecule has 144 valence electrons. The zero-order chi connectivity index (χ0) is 20.5. The molecule has 0 radical (unpaired) electrons. The molecule has 0 aliphatic carbocycles. The van der Waals surface area contributed by atoms with E-state index in [0.717, 1.165) is 5.69 Å². The Hall–Kier alpha value is -3.30. The summed E-state index contributed by atoms with van der Waals surface area (Å²) in [5.74, 6) is -0.183. The number of rotatable bonds is 4. The molecule has 1 saturated heterocycles. The highest BCUT2D eigenvalue weighted by Crippen LogP contribution is 2.34. The number of carbonyl (C=O) groups excluding carboxylic acids is 1. The lowest BCUT2D eigenvalue weighted by Gasteiger charge is -2.03. The van der Waals surface area contributed by atoms with Crippen LogP contribution in [-0.2, 0) is 4.79 Å². The van der Waals surface area contributed by atoms with Gasteiger partial charge in [0.2, 0.25) is 0 Å². The third-order valence-electron chi connectivity index (χ3n) is 4.37. The fourth-order valence-corrected chi connectivity index (χ4v) is 4.05. The molecule has 9 heteroatoms. The third-order valence-corrected chi connectivity index (χ3v) is 5.85. The van der Waals surface area contributed by atoms with Gasteiger partial charge in [-0.2, -0.15) is 5.10 Å². The Morgan fingerprint density at radius 2 is 1.93 bits per heavy atom. The van der Waals surface area contributed by atoms with Crippen LogP contribution in [0.5, 0.6) is 0 Å². The van der Waals surface area contributed by atoms with Crippen molar-refractivity contribution in [3.63, 3.8) is 0 Å². The van der Waals surface area contributed by atoms with E-state index in [1.807, 2.05) is 30.3 Å². The number of nitrogens with zero attached hydrogens (tertiary/aromatic N) is 4. The number of likely N-dealkylation sites (N-methyl/N-ethyl adjacent to an activating group) is 1. The monoisotopic (exact) mass is 422 g/mol. The summed E-state index contributed by atoms with van der Waals surface area (Å²) in [6, 6.07) is 15.8. The maximum Gasteiger partial charge on any atom is 0.270 e. The van der Waals surface area contributed by atoms with E-state index in [4.69, 9.17) is 12.2 Å². The Labute approximate surface area is 175 Å². The average molecular weight is 422 g/mol. The molecular weight excluding hydrogens is 408 g/mol. The van der Waals surface area contributed by atoms with Crippen LogP contribution in [0.1, 0.15) is 5.56 Å². The fraction of sp³-hybridized carbons (Fsp3) is 0.0500. The van der Waals surface area contributed by atoms with E-state index < -0.39 is 4.92 Å². The van der Waals surface area contributed by atoms with E-state index in [1.165, 1.54) is 28.8 Å². The lowest BCUT2D eigenvalue weighted by atomic mass is 10.1. The molecule has 2 heterocycles. The van der Waals surface area contributed by atoms with Gasteiger partial charge in [-0.15, -0.1) is 0 Å². The van der Waals surface area contributed by atoms with E-state index in [2.05, 4.69) is 5.10 Å². The SMILES string of the molecule is CN1C(=O)/C(=C\c2cn(-c3ccccc3)nc2-c2cccc([N+](=O)[O-])c2)SC1=S. The first kappa shape index (κ1) is 19.0. The largest absolute Gasteiger partial charge is 0.296 e. The number of hydrogen-bond donors (Lipinski definition) is 0. The van der Waals surface area contributed by atoms with Gasteiger partial charge in [0.05, 0.1) is 15.5 Å². The van der Waals surface area contributed by atoms with Gasteiger partial charge in [0.1, 0.15) is 10.0 Å². The Morgan fingerprint density at radius 1 is 1.17 bits per heavy atom. The van der Waals surface area contributed by atoms with Gasteiger partial charge in [-0.05, 0) is 18.2 Å². The molecule has 1 aliphatic heterocycles. The molecule has 0 saturated carbocycles. The Bertz CT molecular complexity index is 1170. The number of aromatic nitrogens is 2. The molecule has 0 unspecified atom stereocenters. The van der Waals surface area contributed by atoms with Crippen molar-refractivity contribution in [3.8, 4) is 16.9 Å². The van der Waals surface area contributed by atoms with Gasteiger partial charge >= 0.3 is 0 Å².